The lowest BCUT2D eigenvalue weighted by Crippen LogP contribution is -2.60. The zero-order valence-electron chi connectivity index (χ0n) is 7.00. The van der Waals surface area contributed by atoms with Crippen molar-refractivity contribution in [2.24, 2.45) is 0 Å². The van der Waals surface area contributed by atoms with Crippen LogP contribution in [0.15, 0.2) is 0 Å². The molecule has 0 amide bonds. The van der Waals surface area contributed by atoms with Gasteiger partial charge in [0.2, 0.25) is 0 Å². The molecule has 2 fully saturated rings. The number of carbonyl (C=O) groups excluding carboxylic acids is 1. The average Bonchev–Trinajstić information content (AvgIpc) is 2.04. The highest BCUT2D eigenvalue weighted by atomic mass is 79.9. The number of alkyl halides is 1. The van der Waals surface area contributed by atoms with E-state index in [0.29, 0.717) is 31.5 Å². The molecule has 0 saturated carbocycles. The van der Waals surface area contributed by atoms with E-state index in [4.69, 9.17) is 4.74 Å². The monoisotopic (exact) mass is 233 g/mol. The molecule has 3 atom stereocenters. The molecule has 0 aromatic heterocycles. The van der Waals surface area contributed by atoms with Gasteiger partial charge in [0.05, 0.1) is 24.1 Å². The molecular weight excluding hydrogens is 222 g/mol. The Morgan fingerprint density at radius 1 is 1.58 bits per heavy atom. The van der Waals surface area contributed by atoms with Gasteiger partial charge < -0.3 is 4.74 Å². The van der Waals surface area contributed by atoms with Gasteiger partial charge in [0, 0.05) is 12.5 Å². The number of likely N-dealkylation sites (N-methyl/N-ethyl adjacent to an activating group) is 1. The molecule has 2 rings (SSSR count). The second kappa shape index (κ2) is 3.09. The molecule has 2 aliphatic rings. The molecule has 0 aromatic carbocycles. The van der Waals surface area contributed by atoms with Crippen LogP contribution in [0.2, 0.25) is 0 Å². The van der Waals surface area contributed by atoms with Gasteiger partial charge in [0.1, 0.15) is 5.78 Å². The third-order valence-corrected chi connectivity index (χ3v) is 3.90. The lowest BCUT2D eigenvalue weighted by atomic mass is 9.94. The maximum atomic E-state index is 11.4. The van der Waals surface area contributed by atoms with E-state index in [1.165, 1.54) is 0 Å². The summed E-state index contributed by atoms with van der Waals surface area (Å²) >= 11 is 3.41. The standard InChI is InChI=1S/C8H12BrNO2/c1-10-5-2-7(11)8(9)6(10)4-12-3-5/h5-6,8H,2-4H2,1H3. The molecule has 0 aromatic rings. The van der Waals surface area contributed by atoms with E-state index < -0.39 is 0 Å². The molecular formula is C8H12BrNO2. The van der Waals surface area contributed by atoms with Gasteiger partial charge in [-0.2, -0.15) is 0 Å². The first-order chi connectivity index (χ1) is 5.70. The van der Waals surface area contributed by atoms with Crippen LogP contribution in [-0.2, 0) is 9.53 Å². The Kier molecular flexibility index (Phi) is 2.23. The summed E-state index contributed by atoms with van der Waals surface area (Å²) in [5, 5.41) is 0. The van der Waals surface area contributed by atoms with Crippen LogP contribution < -0.4 is 0 Å². The van der Waals surface area contributed by atoms with Crippen molar-refractivity contribution in [2.45, 2.75) is 23.3 Å². The van der Waals surface area contributed by atoms with Crippen LogP contribution in [0.3, 0.4) is 0 Å². The molecule has 4 heteroatoms. The van der Waals surface area contributed by atoms with Gasteiger partial charge in [0.15, 0.2) is 0 Å². The zero-order valence-corrected chi connectivity index (χ0v) is 8.58. The first kappa shape index (κ1) is 8.66. The predicted octanol–water partition coefficient (Wildman–Crippen LogP) is 0.422. The minimum absolute atomic E-state index is 0.0287. The van der Waals surface area contributed by atoms with Crippen molar-refractivity contribution in [1.82, 2.24) is 4.90 Å². The van der Waals surface area contributed by atoms with E-state index >= 15 is 0 Å². The fourth-order valence-electron chi connectivity index (χ4n) is 1.88. The number of halogens is 1. The number of carbonyl (C=O) groups is 1. The van der Waals surface area contributed by atoms with Gasteiger partial charge in [-0.25, -0.2) is 0 Å². The van der Waals surface area contributed by atoms with Crippen molar-refractivity contribution < 1.29 is 9.53 Å². The van der Waals surface area contributed by atoms with Crippen molar-refractivity contribution in [2.75, 3.05) is 20.3 Å². The van der Waals surface area contributed by atoms with Crippen LogP contribution in [-0.4, -0.2) is 47.9 Å². The Morgan fingerprint density at radius 3 is 3.08 bits per heavy atom. The maximum Gasteiger partial charge on any atom is 0.149 e. The quantitative estimate of drug-likeness (QED) is 0.569. The number of piperidine rings is 1. The lowest BCUT2D eigenvalue weighted by molar-refractivity contribution is -0.132. The van der Waals surface area contributed by atoms with Crippen molar-refractivity contribution in [3.05, 3.63) is 0 Å². The summed E-state index contributed by atoms with van der Waals surface area (Å²) in [7, 11) is 2.07. The SMILES string of the molecule is CN1C2COCC1C(Br)C(=O)C2. The predicted molar refractivity (Wildman–Crippen MR) is 48.5 cm³/mol. The largest absolute Gasteiger partial charge is 0.378 e. The smallest absolute Gasteiger partial charge is 0.149 e. The minimum Gasteiger partial charge on any atom is -0.378 e. The molecule has 2 saturated heterocycles. The van der Waals surface area contributed by atoms with Crippen molar-refractivity contribution in [1.29, 1.82) is 0 Å². The fraction of sp³-hybridized carbons (Fsp3) is 0.875. The highest BCUT2D eigenvalue weighted by Gasteiger charge is 2.41. The molecule has 0 N–H and O–H groups in total. The summed E-state index contributed by atoms with van der Waals surface area (Å²) in [5.74, 6) is 0.325. The van der Waals surface area contributed by atoms with Crippen LogP contribution in [0.1, 0.15) is 6.42 Å². The molecule has 3 nitrogen and oxygen atoms in total. The Morgan fingerprint density at radius 2 is 2.33 bits per heavy atom. The van der Waals surface area contributed by atoms with Gasteiger partial charge in [-0.15, -0.1) is 0 Å². The number of rotatable bonds is 0. The number of fused-ring (bicyclic) bond motifs is 2. The topological polar surface area (TPSA) is 29.5 Å². The van der Waals surface area contributed by atoms with E-state index in [9.17, 15) is 4.79 Å². The van der Waals surface area contributed by atoms with Gasteiger partial charge in [-0.1, -0.05) is 15.9 Å². The van der Waals surface area contributed by atoms with Gasteiger partial charge in [0.25, 0.3) is 0 Å². The molecule has 2 heterocycles. The fourth-order valence-corrected chi connectivity index (χ4v) is 2.60. The summed E-state index contributed by atoms with van der Waals surface area (Å²) in [5.41, 5.74) is 0. The summed E-state index contributed by atoms with van der Waals surface area (Å²) in [6, 6.07) is 0.551. The molecule has 2 aliphatic heterocycles. The Bertz CT molecular complexity index is 209. The second-order valence-electron chi connectivity index (χ2n) is 3.50. The highest BCUT2D eigenvalue weighted by Crippen LogP contribution is 2.27. The number of morpholine rings is 1. The molecule has 0 radical (unpaired) electrons. The molecule has 12 heavy (non-hydrogen) atoms. The summed E-state index contributed by atoms with van der Waals surface area (Å²) in [4.78, 5) is 13.6. The zero-order chi connectivity index (χ0) is 8.72. The first-order valence-electron chi connectivity index (χ1n) is 4.16. The number of ether oxygens (including phenoxy) is 1. The van der Waals surface area contributed by atoms with Crippen LogP contribution in [0, 0.1) is 0 Å². The number of Topliss-reactive ketones (excluding diaryl/α,β-unsaturated/α-hetero) is 1. The number of nitrogens with zero attached hydrogens (tertiary/aromatic N) is 1. The van der Waals surface area contributed by atoms with Gasteiger partial charge >= 0.3 is 0 Å². The number of hydrogen-bond acceptors (Lipinski definition) is 3. The first-order valence-corrected chi connectivity index (χ1v) is 5.08. The van der Waals surface area contributed by atoms with Crippen molar-refractivity contribution in [3.63, 3.8) is 0 Å². The van der Waals surface area contributed by atoms with Crippen molar-refractivity contribution in [3.8, 4) is 0 Å². The summed E-state index contributed by atoms with van der Waals surface area (Å²) in [6.45, 7) is 1.38. The van der Waals surface area contributed by atoms with Crippen molar-refractivity contribution >= 4 is 21.7 Å². The van der Waals surface area contributed by atoms with E-state index in [-0.39, 0.29) is 10.9 Å². The van der Waals surface area contributed by atoms with Crippen LogP contribution >= 0.6 is 15.9 Å². The van der Waals surface area contributed by atoms with Gasteiger partial charge in [-0.3, -0.25) is 9.69 Å². The lowest BCUT2D eigenvalue weighted by Gasteiger charge is -2.45. The summed E-state index contributed by atoms with van der Waals surface area (Å²) in [6.07, 6.45) is 0.628. The van der Waals surface area contributed by atoms with E-state index in [1.807, 2.05) is 0 Å². The second-order valence-corrected chi connectivity index (χ2v) is 4.48. The average molecular weight is 234 g/mol. The maximum absolute atomic E-state index is 11.4. The Balaban J connectivity index is 2.19. The van der Waals surface area contributed by atoms with E-state index in [2.05, 4.69) is 27.9 Å². The number of ketones is 1. The minimum atomic E-state index is -0.0287. The van der Waals surface area contributed by atoms with Crippen LogP contribution in [0.5, 0.6) is 0 Å². The Hall–Kier alpha value is 0.0700. The molecule has 0 spiro atoms. The normalized spacial score (nSPS) is 43.2. The third-order valence-electron chi connectivity index (χ3n) is 2.78. The van der Waals surface area contributed by atoms with Crippen LogP contribution in [0.4, 0.5) is 0 Å². The summed E-state index contributed by atoms with van der Waals surface area (Å²) < 4.78 is 5.40. The van der Waals surface area contributed by atoms with E-state index in [1.54, 1.807) is 0 Å². The molecule has 3 unspecified atom stereocenters. The van der Waals surface area contributed by atoms with Gasteiger partial charge in [-0.05, 0) is 7.05 Å². The van der Waals surface area contributed by atoms with Crippen LogP contribution in [0.25, 0.3) is 0 Å². The third kappa shape index (κ3) is 1.22. The van der Waals surface area contributed by atoms with E-state index in [0.717, 1.165) is 0 Å². The number of hydrogen-bond donors (Lipinski definition) is 0. The molecule has 68 valence electrons. The molecule has 0 aliphatic carbocycles. The highest BCUT2D eigenvalue weighted by molar-refractivity contribution is 9.10. The Labute approximate surface area is 80.2 Å². The molecule has 2 bridgehead atoms.